The molecule has 0 saturated heterocycles. The van der Waals surface area contributed by atoms with E-state index in [4.69, 9.17) is 4.74 Å². The number of carbonyl (C=O) groups is 1. The molecule has 0 aliphatic carbocycles. The number of ether oxygens (including phenoxy) is 1. The first kappa shape index (κ1) is 16.6. The number of nitrogens with one attached hydrogen (secondary N) is 2. The molecule has 0 radical (unpaired) electrons. The van der Waals surface area contributed by atoms with Crippen LogP contribution >= 0.6 is 0 Å². The molecule has 0 atom stereocenters. The molecule has 1 heterocycles. The number of urea groups is 1. The number of hydrogen-bond acceptors (Lipinski definition) is 4. The molecule has 1 aromatic heterocycles. The zero-order valence-corrected chi connectivity index (χ0v) is 12.9. The van der Waals surface area contributed by atoms with E-state index in [0.717, 1.165) is 12.1 Å². The van der Waals surface area contributed by atoms with Gasteiger partial charge in [0.1, 0.15) is 11.6 Å². The topological polar surface area (TPSA) is 76.1 Å². The minimum absolute atomic E-state index is 0.133. The summed E-state index contributed by atoms with van der Waals surface area (Å²) in [5.74, 6) is -1.59. The number of hydrogen-bond donors (Lipinski definition) is 2. The molecule has 23 heavy (non-hydrogen) atoms. The van der Waals surface area contributed by atoms with Crippen LogP contribution in [-0.4, -0.2) is 22.6 Å². The quantitative estimate of drug-likeness (QED) is 0.904. The summed E-state index contributed by atoms with van der Waals surface area (Å²) in [5, 5.41) is 4.85. The lowest BCUT2D eigenvalue weighted by Gasteiger charge is -2.13. The fourth-order valence-electron chi connectivity index (χ4n) is 1.92. The van der Waals surface area contributed by atoms with E-state index in [2.05, 4.69) is 20.6 Å². The van der Waals surface area contributed by atoms with Crippen LogP contribution in [0.3, 0.4) is 0 Å². The van der Waals surface area contributed by atoms with Crippen LogP contribution in [0.4, 0.5) is 25.0 Å². The molecule has 2 N–H and O–H groups in total. The van der Waals surface area contributed by atoms with Gasteiger partial charge in [-0.05, 0) is 32.9 Å². The van der Waals surface area contributed by atoms with Gasteiger partial charge in [0.15, 0.2) is 0 Å². The van der Waals surface area contributed by atoms with Crippen molar-refractivity contribution in [2.24, 2.45) is 0 Å². The first-order valence-electron chi connectivity index (χ1n) is 6.91. The van der Waals surface area contributed by atoms with Crippen LogP contribution < -0.4 is 15.4 Å². The van der Waals surface area contributed by atoms with Crippen LogP contribution in [-0.2, 0) is 0 Å². The largest absolute Gasteiger partial charge is 0.464 e. The molecule has 122 valence electrons. The predicted molar refractivity (Wildman–Crippen MR) is 81.7 cm³/mol. The van der Waals surface area contributed by atoms with Gasteiger partial charge in [-0.25, -0.2) is 13.6 Å². The Labute approximate surface area is 131 Å². The summed E-state index contributed by atoms with van der Waals surface area (Å²) < 4.78 is 31.6. The molecule has 0 saturated carbocycles. The van der Waals surface area contributed by atoms with Crippen LogP contribution in [0.25, 0.3) is 0 Å². The van der Waals surface area contributed by atoms with Gasteiger partial charge in [-0.1, -0.05) is 0 Å². The first-order valence-corrected chi connectivity index (χ1v) is 6.91. The second kappa shape index (κ2) is 6.99. The maximum absolute atomic E-state index is 13.5. The maximum atomic E-state index is 13.5. The molecule has 0 fully saturated rings. The van der Waals surface area contributed by atoms with Gasteiger partial charge < -0.3 is 15.4 Å². The number of halogens is 2. The van der Waals surface area contributed by atoms with Gasteiger partial charge in [-0.15, -0.1) is 0 Å². The van der Waals surface area contributed by atoms with Crippen molar-refractivity contribution in [1.29, 1.82) is 0 Å². The lowest BCUT2D eigenvalue weighted by Crippen LogP contribution is -2.22. The number of aromatic nitrogens is 2. The third kappa shape index (κ3) is 4.12. The molecule has 2 aromatic rings. The molecule has 2 amide bonds. The van der Waals surface area contributed by atoms with Crippen molar-refractivity contribution in [2.75, 3.05) is 17.2 Å². The monoisotopic (exact) mass is 322 g/mol. The van der Waals surface area contributed by atoms with E-state index in [9.17, 15) is 13.6 Å². The Morgan fingerprint density at radius 3 is 2.39 bits per heavy atom. The number of benzene rings is 1. The van der Waals surface area contributed by atoms with Gasteiger partial charge in [-0.2, -0.15) is 9.97 Å². The molecule has 2 rings (SSSR count). The summed E-state index contributed by atoms with van der Waals surface area (Å²) in [6.45, 7) is 5.61. The molecular formula is C15H16F2N4O2. The Kier molecular flexibility index (Phi) is 5.05. The Bertz CT molecular complexity index is 714. The number of carbonyl (C=O) groups excluding carboxylic acids is 1. The second-order valence-electron chi connectivity index (χ2n) is 4.69. The van der Waals surface area contributed by atoms with E-state index in [1.165, 1.54) is 0 Å². The van der Waals surface area contributed by atoms with Crippen molar-refractivity contribution in [2.45, 2.75) is 20.8 Å². The highest BCUT2D eigenvalue weighted by molar-refractivity contribution is 6.00. The normalized spacial score (nSPS) is 10.3. The minimum Gasteiger partial charge on any atom is -0.464 e. The number of rotatable bonds is 4. The van der Waals surface area contributed by atoms with E-state index < -0.39 is 17.7 Å². The second-order valence-corrected chi connectivity index (χ2v) is 4.69. The van der Waals surface area contributed by atoms with Gasteiger partial charge in [0.25, 0.3) is 0 Å². The highest BCUT2D eigenvalue weighted by atomic mass is 19.1. The van der Waals surface area contributed by atoms with E-state index in [1.807, 2.05) is 6.92 Å². The smallest absolute Gasteiger partial charge is 0.323 e. The Morgan fingerprint density at radius 2 is 1.83 bits per heavy atom. The highest BCUT2D eigenvalue weighted by Gasteiger charge is 2.13. The minimum atomic E-state index is -0.864. The molecule has 8 heteroatoms. The summed E-state index contributed by atoms with van der Waals surface area (Å²) in [4.78, 5) is 20.2. The summed E-state index contributed by atoms with van der Waals surface area (Å²) in [7, 11) is 0. The summed E-state index contributed by atoms with van der Waals surface area (Å²) in [6, 6.07) is 2.41. The van der Waals surface area contributed by atoms with Crippen molar-refractivity contribution in [1.82, 2.24) is 9.97 Å². The zero-order chi connectivity index (χ0) is 17.0. The van der Waals surface area contributed by atoms with Crippen molar-refractivity contribution < 1.29 is 18.3 Å². The summed E-state index contributed by atoms with van der Waals surface area (Å²) in [5.41, 5.74) is 1.28. The predicted octanol–water partition coefficient (Wildman–Crippen LogP) is 3.41. The van der Waals surface area contributed by atoms with Gasteiger partial charge in [0.05, 0.1) is 29.4 Å². The van der Waals surface area contributed by atoms with Crippen molar-refractivity contribution in [3.05, 3.63) is 41.2 Å². The molecular weight excluding hydrogens is 306 g/mol. The summed E-state index contributed by atoms with van der Waals surface area (Å²) in [6.07, 6.45) is 0. The van der Waals surface area contributed by atoms with Gasteiger partial charge in [0, 0.05) is 6.07 Å². The van der Waals surface area contributed by atoms with E-state index in [-0.39, 0.29) is 11.7 Å². The fourth-order valence-corrected chi connectivity index (χ4v) is 1.92. The molecule has 0 unspecified atom stereocenters. The lowest BCUT2D eigenvalue weighted by atomic mass is 10.3. The number of amides is 2. The number of anilines is 2. The Balaban J connectivity index is 2.14. The van der Waals surface area contributed by atoms with Crippen LogP contribution in [0.15, 0.2) is 18.2 Å². The van der Waals surface area contributed by atoms with Crippen LogP contribution in [0, 0.1) is 25.5 Å². The third-order valence-electron chi connectivity index (χ3n) is 2.94. The fraction of sp³-hybridized carbons (Fsp3) is 0.267. The first-order chi connectivity index (χ1) is 10.9. The van der Waals surface area contributed by atoms with Crippen molar-refractivity contribution in [3.8, 4) is 6.01 Å². The maximum Gasteiger partial charge on any atom is 0.323 e. The number of nitrogens with zero attached hydrogens (tertiary/aromatic N) is 2. The average Bonchev–Trinajstić information content (AvgIpc) is 2.46. The van der Waals surface area contributed by atoms with E-state index in [1.54, 1.807) is 13.8 Å². The molecule has 0 aliphatic heterocycles. The Hall–Kier alpha value is -2.77. The van der Waals surface area contributed by atoms with Crippen LogP contribution in [0.2, 0.25) is 0 Å². The Morgan fingerprint density at radius 1 is 1.17 bits per heavy atom. The SMILES string of the molecule is CCOc1nc(C)c(NC(=O)Nc2ccc(F)cc2F)c(C)n1. The third-order valence-corrected chi connectivity index (χ3v) is 2.94. The zero-order valence-electron chi connectivity index (χ0n) is 12.9. The highest BCUT2D eigenvalue weighted by Crippen LogP contribution is 2.20. The molecule has 0 aliphatic rings. The standard InChI is InChI=1S/C15H16F2N4O2/c1-4-23-15-18-8(2)13(9(3)19-15)21-14(22)20-12-6-5-10(16)7-11(12)17/h5-7H,4H2,1-3H3,(H2,20,21,22). The van der Waals surface area contributed by atoms with Crippen molar-refractivity contribution >= 4 is 17.4 Å². The average molecular weight is 322 g/mol. The molecule has 0 spiro atoms. The molecule has 6 nitrogen and oxygen atoms in total. The van der Waals surface area contributed by atoms with Crippen molar-refractivity contribution in [3.63, 3.8) is 0 Å². The van der Waals surface area contributed by atoms with Crippen LogP contribution in [0.1, 0.15) is 18.3 Å². The lowest BCUT2D eigenvalue weighted by molar-refractivity contribution is 0.262. The van der Waals surface area contributed by atoms with Gasteiger partial charge in [0.2, 0.25) is 0 Å². The van der Waals surface area contributed by atoms with Gasteiger partial charge in [-0.3, -0.25) is 0 Å². The number of aryl methyl sites for hydroxylation is 2. The van der Waals surface area contributed by atoms with E-state index in [0.29, 0.717) is 29.7 Å². The van der Waals surface area contributed by atoms with Crippen LogP contribution in [0.5, 0.6) is 6.01 Å². The van der Waals surface area contributed by atoms with E-state index >= 15 is 0 Å². The molecule has 0 bridgehead atoms. The summed E-state index contributed by atoms with van der Waals surface area (Å²) >= 11 is 0. The van der Waals surface area contributed by atoms with Gasteiger partial charge >= 0.3 is 12.0 Å². The molecule has 1 aromatic carbocycles.